The van der Waals surface area contributed by atoms with Crippen molar-refractivity contribution >= 4 is 5.78 Å². The van der Waals surface area contributed by atoms with Crippen molar-refractivity contribution in [3.05, 3.63) is 57.5 Å². The van der Waals surface area contributed by atoms with E-state index in [-0.39, 0.29) is 29.9 Å². The van der Waals surface area contributed by atoms with Crippen molar-refractivity contribution in [1.29, 1.82) is 0 Å². The molecule has 0 radical (unpaired) electrons. The molecule has 28 heavy (non-hydrogen) atoms. The number of nitrogens with zero attached hydrogens (tertiary/aromatic N) is 2. The molecule has 1 aromatic heterocycles. The molecule has 1 aliphatic rings. The highest BCUT2D eigenvalue weighted by atomic mass is 19.1. The molecule has 1 aromatic carbocycles. The average molecular weight is 388 g/mol. The smallest absolute Gasteiger partial charge is 0.296 e. The minimum absolute atomic E-state index is 0.0690. The van der Waals surface area contributed by atoms with Gasteiger partial charge in [0.2, 0.25) is 5.75 Å². The minimum atomic E-state index is -0.608. The summed E-state index contributed by atoms with van der Waals surface area (Å²) in [4.78, 5) is 30.0. The molecule has 0 saturated carbocycles. The summed E-state index contributed by atoms with van der Waals surface area (Å²) in [5.74, 6) is -0.974. The minimum Gasteiger partial charge on any atom is -0.501 e. The van der Waals surface area contributed by atoms with Crippen LogP contribution in [0.25, 0.3) is 0 Å². The molecule has 150 valence electrons. The Hall–Kier alpha value is -2.54. The first kappa shape index (κ1) is 20.2. The number of aryl methyl sites for hydroxylation is 1. The summed E-state index contributed by atoms with van der Waals surface area (Å²) >= 11 is 0. The molecular weight excluding hydrogens is 363 g/mol. The molecule has 0 saturated heterocycles. The number of aromatic hydroxyl groups is 1. The van der Waals surface area contributed by atoms with Crippen LogP contribution in [0.5, 0.6) is 5.75 Å². The molecule has 1 aliphatic heterocycles. The summed E-state index contributed by atoms with van der Waals surface area (Å²) in [6.45, 7) is 4.71. The van der Waals surface area contributed by atoms with Gasteiger partial charge in [-0.05, 0) is 37.0 Å². The van der Waals surface area contributed by atoms with Gasteiger partial charge in [0.15, 0.2) is 11.5 Å². The topological polar surface area (TPSA) is 81.4 Å². The largest absolute Gasteiger partial charge is 0.501 e. The Morgan fingerprint density at radius 1 is 1.25 bits per heavy atom. The van der Waals surface area contributed by atoms with Crippen LogP contribution in [0.2, 0.25) is 0 Å². The Kier molecular flexibility index (Phi) is 6.24. The maximum Gasteiger partial charge on any atom is 0.296 e. The molecule has 0 aliphatic carbocycles. The average Bonchev–Trinajstić information content (AvgIpc) is 2.88. The molecule has 7 heteroatoms. The number of halogens is 1. The van der Waals surface area contributed by atoms with E-state index in [0.717, 1.165) is 5.56 Å². The number of Topliss-reactive ketones (excluding diaryl/α,β-unsaturated/α-hetero) is 1. The number of carbonyl (C=O) groups is 1. The quantitative estimate of drug-likeness (QED) is 0.768. The van der Waals surface area contributed by atoms with Crippen molar-refractivity contribution in [3.8, 4) is 5.75 Å². The first-order chi connectivity index (χ1) is 13.5. The van der Waals surface area contributed by atoms with Crippen molar-refractivity contribution in [2.45, 2.75) is 51.5 Å². The van der Waals surface area contributed by atoms with Crippen molar-refractivity contribution in [1.82, 2.24) is 9.55 Å². The van der Waals surface area contributed by atoms with Crippen LogP contribution in [0.15, 0.2) is 29.1 Å². The predicted octanol–water partition coefficient (Wildman–Crippen LogP) is 3.38. The van der Waals surface area contributed by atoms with E-state index >= 15 is 0 Å². The van der Waals surface area contributed by atoms with Gasteiger partial charge in [-0.1, -0.05) is 26.0 Å². The Labute approximate surface area is 163 Å². The van der Waals surface area contributed by atoms with E-state index in [1.165, 1.54) is 16.7 Å². The van der Waals surface area contributed by atoms with Gasteiger partial charge >= 0.3 is 0 Å². The lowest BCUT2D eigenvalue weighted by Crippen LogP contribution is -2.32. The van der Waals surface area contributed by atoms with Gasteiger partial charge in [-0.2, -0.15) is 0 Å². The Morgan fingerprint density at radius 2 is 1.96 bits per heavy atom. The molecule has 0 spiro atoms. The third-order valence-electron chi connectivity index (χ3n) is 5.26. The van der Waals surface area contributed by atoms with Crippen LogP contribution in [0.4, 0.5) is 4.39 Å². The monoisotopic (exact) mass is 388 g/mol. The molecule has 6 nitrogen and oxygen atoms in total. The van der Waals surface area contributed by atoms with Gasteiger partial charge in [0.1, 0.15) is 11.6 Å². The van der Waals surface area contributed by atoms with E-state index in [4.69, 9.17) is 4.74 Å². The van der Waals surface area contributed by atoms with Crippen LogP contribution in [0, 0.1) is 5.82 Å². The second-order valence-corrected chi connectivity index (χ2v) is 7.10. The highest BCUT2D eigenvalue weighted by Crippen LogP contribution is 2.28. The molecule has 2 aromatic rings. The molecule has 1 N–H and O–H groups in total. The van der Waals surface area contributed by atoms with Gasteiger partial charge in [-0.15, -0.1) is 0 Å². The molecule has 0 bridgehead atoms. The zero-order chi connectivity index (χ0) is 20.3. The van der Waals surface area contributed by atoms with E-state index in [0.29, 0.717) is 38.3 Å². The van der Waals surface area contributed by atoms with Gasteiger partial charge in [-0.3, -0.25) is 14.2 Å². The number of aromatic nitrogens is 2. The SMILES string of the molecule is CC[C@@H]1COC[C@H](CC)n2c1nc(C(=O)CCc1ccc(F)cc1)c(O)c2=O. The summed E-state index contributed by atoms with van der Waals surface area (Å²) in [5.41, 5.74) is 0.0195. The third kappa shape index (κ3) is 3.99. The van der Waals surface area contributed by atoms with Gasteiger partial charge in [0, 0.05) is 12.3 Å². The van der Waals surface area contributed by atoms with Crippen molar-refractivity contribution in [2.24, 2.45) is 0 Å². The summed E-state index contributed by atoms with van der Waals surface area (Å²) < 4.78 is 20.2. The summed E-state index contributed by atoms with van der Waals surface area (Å²) in [5, 5.41) is 10.4. The molecule has 0 fully saturated rings. The van der Waals surface area contributed by atoms with Gasteiger partial charge in [-0.25, -0.2) is 9.37 Å². The van der Waals surface area contributed by atoms with Crippen LogP contribution in [0.3, 0.4) is 0 Å². The lowest BCUT2D eigenvalue weighted by atomic mass is 10.0. The fraction of sp³-hybridized carbons (Fsp3) is 0.476. The zero-order valence-corrected chi connectivity index (χ0v) is 16.2. The standard InChI is InChI=1S/C21H25FN2O4/c1-3-14-11-28-12-16(4-2)24-20(14)23-18(19(26)21(24)27)17(25)10-7-13-5-8-15(22)9-6-13/h5-6,8-9,14,16,26H,3-4,7,10-12H2,1-2H3/t14-,16+/m1/s1. The summed E-state index contributed by atoms with van der Waals surface area (Å²) in [7, 11) is 0. The first-order valence-corrected chi connectivity index (χ1v) is 9.67. The second kappa shape index (κ2) is 8.65. The van der Waals surface area contributed by atoms with Crippen LogP contribution in [-0.2, 0) is 11.2 Å². The number of benzene rings is 1. The number of hydrogen-bond donors (Lipinski definition) is 1. The number of carbonyl (C=O) groups excluding carboxylic acids is 1. The lowest BCUT2D eigenvalue weighted by Gasteiger charge is -2.21. The van der Waals surface area contributed by atoms with E-state index in [9.17, 15) is 19.1 Å². The normalized spacial score (nSPS) is 19.1. The second-order valence-electron chi connectivity index (χ2n) is 7.10. The Balaban J connectivity index is 1.94. The van der Waals surface area contributed by atoms with Crippen LogP contribution in [-0.4, -0.2) is 33.7 Å². The van der Waals surface area contributed by atoms with Gasteiger partial charge < -0.3 is 9.84 Å². The van der Waals surface area contributed by atoms with Gasteiger partial charge in [0.05, 0.1) is 19.3 Å². The maximum absolute atomic E-state index is 13.0. The van der Waals surface area contributed by atoms with E-state index in [1.807, 2.05) is 13.8 Å². The zero-order valence-electron chi connectivity index (χ0n) is 16.2. The first-order valence-electron chi connectivity index (χ1n) is 9.67. The molecule has 3 rings (SSSR count). The summed E-state index contributed by atoms with van der Waals surface area (Å²) in [6.07, 6.45) is 1.80. The fourth-order valence-electron chi connectivity index (χ4n) is 3.50. The Bertz CT molecular complexity index is 908. The fourth-order valence-corrected chi connectivity index (χ4v) is 3.50. The van der Waals surface area contributed by atoms with E-state index in [2.05, 4.69) is 4.98 Å². The highest BCUT2D eigenvalue weighted by Gasteiger charge is 2.30. The maximum atomic E-state index is 13.0. The molecular formula is C21H25FN2O4. The van der Waals surface area contributed by atoms with Gasteiger partial charge in [0.25, 0.3) is 5.56 Å². The van der Waals surface area contributed by atoms with Crippen LogP contribution < -0.4 is 5.56 Å². The van der Waals surface area contributed by atoms with E-state index < -0.39 is 17.1 Å². The number of ether oxygens (including phenoxy) is 1. The van der Waals surface area contributed by atoms with Crippen molar-refractivity contribution in [2.75, 3.05) is 13.2 Å². The molecule has 2 heterocycles. The third-order valence-corrected chi connectivity index (χ3v) is 5.26. The number of rotatable bonds is 6. The van der Waals surface area contributed by atoms with E-state index in [1.54, 1.807) is 12.1 Å². The van der Waals surface area contributed by atoms with Crippen molar-refractivity contribution in [3.63, 3.8) is 0 Å². The lowest BCUT2D eigenvalue weighted by molar-refractivity contribution is 0.0973. The molecule has 0 unspecified atom stereocenters. The predicted molar refractivity (Wildman–Crippen MR) is 102 cm³/mol. The molecule has 2 atom stereocenters. The Morgan fingerprint density at radius 3 is 2.61 bits per heavy atom. The van der Waals surface area contributed by atoms with Crippen LogP contribution in [0.1, 0.15) is 66.9 Å². The highest BCUT2D eigenvalue weighted by molar-refractivity contribution is 5.96. The number of fused-ring (bicyclic) bond motifs is 1. The molecule has 0 amide bonds. The summed E-state index contributed by atoms with van der Waals surface area (Å²) in [6, 6.07) is 5.67. The number of hydrogen-bond acceptors (Lipinski definition) is 5. The number of ketones is 1. The van der Waals surface area contributed by atoms with Crippen molar-refractivity contribution < 1.29 is 19.0 Å². The van der Waals surface area contributed by atoms with Crippen LogP contribution >= 0.6 is 0 Å².